The Hall–Kier alpha value is -3.57. The number of esters is 1. The molecule has 40 heavy (non-hydrogen) atoms. The molecule has 210 valence electrons. The van der Waals surface area contributed by atoms with Crippen LogP contribution in [0.1, 0.15) is 22.3 Å². The predicted molar refractivity (Wildman–Crippen MR) is 153 cm³/mol. The number of thioether (sulfide) groups is 2. The molecule has 1 N–H and O–H groups in total. The minimum absolute atomic E-state index is 0.111. The van der Waals surface area contributed by atoms with Gasteiger partial charge in [0.05, 0.1) is 31.2 Å². The van der Waals surface area contributed by atoms with Crippen molar-refractivity contribution in [1.82, 2.24) is 9.80 Å². The number of methoxy groups -OCH3 is 1. The molecular formula is C29H30N2O7S2. The lowest BCUT2D eigenvalue weighted by Gasteiger charge is -2.54. The molecule has 11 heteroatoms. The standard InChI is InChI=1S/C29H30N2O7S2/c1-30-26(34)29(40-4)16-20-17-37-13-12-23(38-25(33)19-10-11-22(36-2)21(32)14-19)24(20)31(29)27(35)28(30,39-3)15-18-8-6-5-7-9-18/h5-14,17,23-24,32H,15-16H2,1-4H3/t23-,24-,28+,29+/m0/s1. The Morgan fingerprint density at radius 2 is 1.88 bits per heavy atom. The maximum Gasteiger partial charge on any atom is 0.338 e. The minimum Gasteiger partial charge on any atom is -0.504 e. The Balaban J connectivity index is 1.55. The monoisotopic (exact) mass is 582 g/mol. The molecule has 3 aliphatic rings. The Morgan fingerprint density at radius 1 is 1.12 bits per heavy atom. The summed E-state index contributed by atoms with van der Waals surface area (Å²) in [7, 11) is 3.09. The summed E-state index contributed by atoms with van der Waals surface area (Å²) in [5.74, 6) is -1.13. The number of likely N-dealkylation sites (N-methyl/N-ethyl adjacent to an activating group) is 1. The first-order valence-corrected chi connectivity index (χ1v) is 15.0. The summed E-state index contributed by atoms with van der Waals surface area (Å²) >= 11 is 2.61. The van der Waals surface area contributed by atoms with Gasteiger partial charge >= 0.3 is 5.97 Å². The van der Waals surface area contributed by atoms with E-state index in [0.29, 0.717) is 12.0 Å². The van der Waals surface area contributed by atoms with Gasteiger partial charge in [0, 0.05) is 19.9 Å². The van der Waals surface area contributed by atoms with Gasteiger partial charge in [-0.25, -0.2) is 4.79 Å². The van der Waals surface area contributed by atoms with Gasteiger partial charge in [0.1, 0.15) is 6.10 Å². The number of benzene rings is 2. The van der Waals surface area contributed by atoms with Crippen molar-refractivity contribution < 1.29 is 33.7 Å². The number of nitrogens with zero attached hydrogens (tertiary/aromatic N) is 2. The summed E-state index contributed by atoms with van der Waals surface area (Å²) in [6, 6.07) is 13.0. The summed E-state index contributed by atoms with van der Waals surface area (Å²) in [5, 5.41) is 10.2. The number of rotatable bonds is 7. The molecule has 3 heterocycles. The van der Waals surface area contributed by atoms with E-state index in [0.717, 1.165) is 5.56 Å². The second-order valence-electron chi connectivity index (χ2n) is 9.71. The van der Waals surface area contributed by atoms with Crippen LogP contribution < -0.4 is 4.74 Å². The summed E-state index contributed by atoms with van der Waals surface area (Å²) in [6.07, 6.45) is 7.72. The maximum absolute atomic E-state index is 14.7. The number of amides is 2. The summed E-state index contributed by atoms with van der Waals surface area (Å²) < 4.78 is 16.6. The Kier molecular flexibility index (Phi) is 7.54. The van der Waals surface area contributed by atoms with Gasteiger partial charge in [0.25, 0.3) is 11.8 Å². The summed E-state index contributed by atoms with van der Waals surface area (Å²) in [4.78, 5) is 42.9. The highest BCUT2D eigenvalue weighted by Crippen LogP contribution is 2.54. The third kappa shape index (κ3) is 4.32. The molecule has 5 rings (SSSR count). The topological polar surface area (TPSA) is 106 Å². The lowest BCUT2D eigenvalue weighted by molar-refractivity contribution is -0.165. The highest BCUT2D eigenvalue weighted by Gasteiger charge is 2.68. The molecule has 0 spiro atoms. The number of phenolic OH excluding ortho intramolecular Hbond substituents is 1. The molecule has 2 amide bonds. The van der Waals surface area contributed by atoms with E-state index in [1.54, 1.807) is 29.2 Å². The third-order valence-electron chi connectivity index (χ3n) is 7.72. The van der Waals surface area contributed by atoms with Crippen molar-refractivity contribution in [1.29, 1.82) is 0 Å². The second kappa shape index (κ2) is 10.8. The Morgan fingerprint density at radius 3 is 2.52 bits per heavy atom. The fourth-order valence-electron chi connectivity index (χ4n) is 5.64. The molecule has 2 aromatic rings. The number of hydrogen-bond acceptors (Lipinski definition) is 9. The first kappa shape index (κ1) is 28.0. The lowest BCUT2D eigenvalue weighted by atomic mass is 9.97. The predicted octanol–water partition coefficient (Wildman–Crippen LogP) is 3.79. The number of carbonyl (C=O) groups excluding carboxylic acids is 3. The van der Waals surface area contributed by atoms with Gasteiger partial charge in [-0.3, -0.25) is 9.59 Å². The first-order valence-electron chi connectivity index (χ1n) is 12.6. The molecule has 0 bridgehead atoms. The second-order valence-corrected chi connectivity index (χ2v) is 11.9. The average molecular weight is 583 g/mol. The van der Waals surface area contributed by atoms with Crippen molar-refractivity contribution in [2.45, 2.75) is 34.7 Å². The smallest absolute Gasteiger partial charge is 0.338 e. The SMILES string of the molecule is COc1ccc(C(=O)O[C@H]2C=COC=C3C[C@@]4(SC)C(=O)N(C)[C@](Cc5ccccc5)(SC)C(=O)N4[C@@H]32)cc1O. The van der Waals surface area contributed by atoms with Gasteiger partial charge < -0.3 is 29.1 Å². The molecule has 3 aliphatic heterocycles. The van der Waals surface area contributed by atoms with Gasteiger partial charge in [-0.2, -0.15) is 0 Å². The van der Waals surface area contributed by atoms with Crippen LogP contribution >= 0.6 is 23.5 Å². The average Bonchev–Trinajstić information content (AvgIpc) is 3.20. The van der Waals surface area contributed by atoms with Crippen LogP contribution in [0.2, 0.25) is 0 Å². The molecule has 2 saturated heterocycles. The maximum atomic E-state index is 14.7. The molecule has 0 unspecified atom stereocenters. The quantitative estimate of drug-likeness (QED) is 0.488. The van der Waals surface area contributed by atoms with E-state index < -0.39 is 27.9 Å². The molecule has 0 aliphatic carbocycles. The fourth-order valence-corrected chi connectivity index (χ4v) is 7.60. The van der Waals surface area contributed by atoms with Gasteiger partial charge in [0.2, 0.25) is 0 Å². The molecule has 0 radical (unpaired) electrons. The van der Waals surface area contributed by atoms with E-state index in [4.69, 9.17) is 14.2 Å². The van der Waals surface area contributed by atoms with Crippen molar-refractivity contribution >= 4 is 41.3 Å². The molecule has 4 atom stereocenters. The number of ether oxygens (including phenoxy) is 3. The zero-order chi connectivity index (χ0) is 28.7. The fraction of sp³-hybridized carbons (Fsp3) is 0.345. The Labute approximate surface area is 241 Å². The van der Waals surface area contributed by atoms with Crippen molar-refractivity contribution in [3.8, 4) is 11.5 Å². The van der Waals surface area contributed by atoms with E-state index >= 15 is 0 Å². The highest BCUT2D eigenvalue weighted by molar-refractivity contribution is 8.01. The van der Waals surface area contributed by atoms with Crippen LogP contribution in [0.25, 0.3) is 0 Å². The van der Waals surface area contributed by atoms with E-state index in [2.05, 4.69) is 0 Å². The van der Waals surface area contributed by atoms with Crippen molar-refractivity contribution in [3.63, 3.8) is 0 Å². The van der Waals surface area contributed by atoms with Crippen LogP contribution in [-0.4, -0.2) is 81.2 Å². The van der Waals surface area contributed by atoms with Crippen LogP contribution in [0.3, 0.4) is 0 Å². The number of aromatic hydroxyl groups is 1. The van der Waals surface area contributed by atoms with Crippen LogP contribution in [0.4, 0.5) is 0 Å². The van der Waals surface area contributed by atoms with Gasteiger partial charge in [0.15, 0.2) is 21.2 Å². The van der Waals surface area contributed by atoms with Gasteiger partial charge in [-0.05, 0) is 47.9 Å². The van der Waals surface area contributed by atoms with E-state index in [1.165, 1.54) is 61.4 Å². The first-order chi connectivity index (χ1) is 19.2. The van der Waals surface area contributed by atoms with Crippen molar-refractivity contribution in [2.24, 2.45) is 0 Å². The van der Waals surface area contributed by atoms with E-state index in [-0.39, 0.29) is 35.3 Å². The summed E-state index contributed by atoms with van der Waals surface area (Å²) in [5.41, 5.74) is 1.70. The van der Waals surface area contributed by atoms with E-state index in [1.807, 2.05) is 36.6 Å². The number of hydrogen-bond donors (Lipinski definition) is 1. The van der Waals surface area contributed by atoms with Crippen LogP contribution in [0, 0.1) is 0 Å². The summed E-state index contributed by atoms with van der Waals surface area (Å²) in [6.45, 7) is 0. The molecule has 2 aromatic carbocycles. The number of carbonyl (C=O) groups is 3. The molecular weight excluding hydrogens is 552 g/mol. The van der Waals surface area contributed by atoms with Crippen molar-refractivity contribution in [2.75, 3.05) is 26.7 Å². The van der Waals surface area contributed by atoms with Gasteiger partial charge in [-0.15, -0.1) is 23.5 Å². The van der Waals surface area contributed by atoms with Gasteiger partial charge in [-0.1, -0.05) is 30.3 Å². The lowest BCUT2D eigenvalue weighted by Crippen LogP contribution is -2.74. The minimum atomic E-state index is -1.23. The number of phenols is 1. The van der Waals surface area contributed by atoms with Crippen LogP contribution in [-0.2, 0) is 25.5 Å². The number of piperazine rings is 1. The molecule has 0 aromatic heterocycles. The van der Waals surface area contributed by atoms with Crippen molar-refractivity contribution in [3.05, 3.63) is 83.8 Å². The molecule has 9 nitrogen and oxygen atoms in total. The Bertz CT molecular complexity index is 1400. The zero-order valence-electron chi connectivity index (χ0n) is 22.5. The molecule has 2 fully saturated rings. The normalized spacial score (nSPS) is 27.4. The van der Waals surface area contributed by atoms with Crippen LogP contribution in [0.15, 0.2) is 72.7 Å². The van der Waals surface area contributed by atoms with Crippen LogP contribution in [0.5, 0.6) is 11.5 Å². The third-order valence-corrected chi connectivity index (χ3v) is 10.2. The zero-order valence-corrected chi connectivity index (χ0v) is 24.2. The number of fused-ring (bicyclic) bond motifs is 3. The molecule has 0 saturated carbocycles. The highest BCUT2D eigenvalue weighted by atomic mass is 32.2. The van der Waals surface area contributed by atoms with E-state index in [9.17, 15) is 19.5 Å². The largest absolute Gasteiger partial charge is 0.504 e.